The molecule has 0 aromatic carbocycles. The molecule has 0 radical (unpaired) electrons. The van der Waals surface area contributed by atoms with Gasteiger partial charge in [0, 0.05) is 31.7 Å². The van der Waals surface area contributed by atoms with Crippen molar-refractivity contribution >= 4 is 17.6 Å². The quantitative estimate of drug-likeness (QED) is 0.831. The number of anilines is 1. The molecule has 2 aromatic rings. The van der Waals surface area contributed by atoms with E-state index in [-0.39, 0.29) is 18.5 Å². The molecule has 9 nitrogen and oxygen atoms in total. The molecule has 26 heavy (non-hydrogen) atoms. The Kier molecular flexibility index (Phi) is 5.80. The largest absolute Gasteiger partial charge is 0.365 e. The van der Waals surface area contributed by atoms with Gasteiger partial charge in [-0.25, -0.2) is 14.5 Å². The second-order valence-electron chi connectivity index (χ2n) is 5.85. The summed E-state index contributed by atoms with van der Waals surface area (Å²) in [5.41, 5.74) is 0.541. The molecule has 2 N–H and O–H groups in total. The number of pyridine rings is 1. The second kappa shape index (κ2) is 8.43. The Morgan fingerprint density at radius 3 is 3.00 bits per heavy atom. The number of nitrogens with one attached hydrogen (secondary N) is 2. The predicted molar refractivity (Wildman–Crippen MR) is 95.0 cm³/mol. The van der Waals surface area contributed by atoms with Crippen molar-refractivity contribution in [3.8, 4) is 5.82 Å². The van der Waals surface area contributed by atoms with Crippen LogP contribution >= 0.6 is 0 Å². The molecule has 1 saturated heterocycles. The molecule has 2 aromatic heterocycles. The Balaban J connectivity index is 1.66. The summed E-state index contributed by atoms with van der Waals surface area (Å²) in [6.07, 6.45) is 5.22. The van der Waals surface area contributed by atoms with Crippen molar-refractivity contribution < 1.29 is 14.3 Å². The molecule has 1 unspecified atom stereocenters. The van der Waals surface area contributed by atoms with E-state index in [9.17, 15) is 9.59 Å². The van der Waals surface area contributed by atoms with Crippen molar-refractivity contribution in [3.63, 3.8) is 0 Å². The van der Waals surface area contributed by atoms with Crippen LogP contribution in [0.4, 0.5) is 10.5 Å². The van der Waals surface area contributed by atoms with E-state index in [0.717, 1.165) is 6.42 Å². The minimum atomic E-state index is -0.652. The molecule has 138 valence electrons. The van der Waals surface area contributed by atoms with Crippen molar-refractivity contribution in [2.75, 3.05) is 31.6 Å². The molecule has 1 fully saturated rings. The number of nitrogens with zero attached hydrogens (tertiary/aromatic N) is 4. The number of hydrogen-bond acceptors (Lipinski definition) is 5. The summed E-state index contributed by atoms with van der Waals surface area (Å²) in [5, 5.41) is 9.79. The second-order valence-corrected chi connectivity index (χ2v) is 5.85. The molecule has 1 aliphatic rings. The lowest BCUT2D eigenvalue weighted by atomic mass is 10.2. The number of amides is 3. The van der Waals surface area contributed by atoms with Crippen LogP contribution in [0.15, 0.2) is 36.8 Å². The van der Waals surface area contributed by atoms with Gasteiger partial charge in [0.05, 0.1) is 18.8 Å². The molecule has 3 amide bonds. The molecule has 9 heteroatoms. The summed E-state index contributed by atoms with van der Waals surface area (Å²) >= 11 is 0. The third-order valence-electron chi connectivity index (χ3n) is 3.95. The van der Waals surface area contributed by atoms with Crippen molar-refractivity contribution in [1.82, 2.24) is 25.0 Å². The molecule has 1 atom stereocenters. The van der Waals surface area contributed by atoms with Gasteiger partial charge in [0.25, 0.3) is 5.91 Å². The maximum Gasteiger partial charge on any atom is 0.322 e. The fourth-order valence-corrected chi connectivity index (χ4v) is 2.62. The highest BCUT2D eigenvalue weighted by Gasteiger charge is 2.29. The molecule has 0 saturated carbocycles. The molecular weight excluding hydrogens is 336 g/mol. The van der Waals surface area contributed by atoms with E-state index in [1.165, 1.54) is 0 Å². The Morgan fingerprint density at radius 1 is 1.35 bits per heavy atom. The van der Waals surface area contributed by atoms with Crippen LogP contribution in [0.1, 0.15) is 13.3 Å². The number of carbonyl (C=O) groups is 2. The molecular formula is C17H22N6O3. The zero-order valence-electron chi connectivity index (χ0n) is 14.6. The van der Waals surface area contributed by atoms with Crippen molar-refractivity contribution in [3.05, 3.63) is 36.8 Å². The smallest absolute Gasteiger partial charge is 0.322 e. The van der Waals surface area contributed by atoms with E-state index in [0.29, 0.717) is 31.2 Å². The van der Waals surface area contributed by atoms with Gasteiger partial charge in [-0.1, -0.05) is 6.92 Å². The number of urea groups is 1. The summed E-state index contributed by atoms with van der Waals surface area (Å²) in [4.78, 5) is 30.6. The summed E-state index contributed by atoms with van der Waals surface area (Å²) in [6.45, 7) is 3.51. The van der Waals surface area contributed by atoms with Crippen LogP contribution in [0, 0.1) is 0 Å². The Morgan fingerprint density at radius 2 is 2.23 bits per heavy atom. The first-order valence-electron chi connectivity index (χ1n) is 8.59. The van der Waals surface area contributed by atoms with Crippen molar-refractivity contribution in [2.24, 2.45) is 0 Å². The van der Waals surface area contributed by atoms with Gasteiger partial charge in [0.15, 0.2) is 11.9 Å². The normalized spacial score (nSPS) is 17.0. The number of aromatic nitrogens is 3. The third kappa shape index (κ3) is 4.17. The maximum absolute atomic E-state index is 12.6. The topological polar surface area (TPSA) is 101 Å². The highest BCUT2D eigenvalue weighted by molar-refractivity contribution is 5.91. The van der Waals surface area contributed by atoms with E-state index >= 15 is 0 Å². The summed E-state index contributed by atoms with van der Waals surface area (Å²) in [6, 6.07) is 4.97. The summed E-state index contributed by atoms with van der Waals surface area (Å²) in [5.74, 6) is 0.333. The van der Waals surface area contributed by atoms with Crippen molar-refractivity contribution in [2.45, 2.75) is 19.4 Å². The number of ether oxygens (including phenoxy) is 1. The Hall–Kier alpha value is -2.94. The van der Waals surface area contributed by atoms with Crippen LogP contribution in [-0.4, -0.2) is 63.9 Å². The van der Waals surface area contributed by atoms with Crippen LogP contribution < -0.4 is 10.6 Å². The van der Waals surface area contributed by atoms with E-state index in [4.69, 9.17) is 4.74 Å². The standard InChI is InChI=1S/C17H22N6O3/c1-2-6-19-16(24)14-12-22(10-11-26-14)17(25)21-13-5-3-7-18-15(13)23-9-4-8-20-23/h3-5,7-9,14H,2,6,10-12H2,1H3,(H,19,24)(H,21,25). The van der Waals surface area contributed by atoms with E-state index in [1.54, 1.807) is 46.4 Å². The van der Waals surface area contributed by atoms with Gasteiger partial charge in [-0.05, 0) is 24.6 Å². The maximum atomic E-state index is 12.6. The third-order valence-corrected chi connectivity index (χ3v) is 3.95. The number of rotatable bonds is 5. The van der Waals surface area contributed by atoms with Gasteiger partial charge in [-0.15, -0.1) is 0 Å². The molecule has 3 heterocycles. The van der Waals surface area contributed by atoms with E-state index < -0.39 is 6.10 Å². The van der Waals surface area contributed by atoms with Gasteiger partial charge in [-0.3, -0.25) is 4.79 Å². The van der Waals surface area contributed by atoms with Gasteiger partial charge in [0.2, 0.25) is 0 Å². The van der Waals surface area contributed by atoms with Gasteiger partial charge >= 0.3 is 6.03 Å². The number of hydrogen-bond donors (Lipinski definition) is 2. The van der Waals surface area contributed by atoms with Crippen LogP contribution in [0.3, 0.4) is 0 Å². The lowest BCUT2D eigenvalue weighted by Gasteiger charge is -2.32. The predicted octanol–water partition coefficient (Wildman–Crippen LogP) is 1.03. The molecule has 0 aliphatic carbocycles. The van der Waals surface area contributed by atoms with Crippen LogP contribution in [0.25, 0.3) is 5.82 Å². The first kappa shape index (κ1) is 17.9. The van der Waals surface area contributed by atoms with E-state index in [2.05, 4.69) is 20.7 Å². The highest BCUT2D eigenvalue weighted by Crippen LogP contribution is 2.17. The molecule has 0 bridgehead atoms. The zero-order chi connectivity index (χ0) is 18.4. The van der Waals surface area contributed by atoms with Gasteiger partial charge in [0.1, 0.15) is 0 Å². The highest BCUT2D eigenvalue weighted by atomic mass is 16.5. The number of morpholine rings is 1. The lowest BCUT2D eigenvalue weighted by molar-refractivity contribution is -0.136. The van der Waals surface area contributed by atoms with Crippen molar-refractivity contribution in [1.29, 1.82) is 0 Å². The average molecular weight is 358 g/mol. The monoisotopic (exact) mass is 358 g/mol. The Bertz CT molecular complexity index is 749. The van der Waals surface area contributed by atoms with Crippen LogP contribution in [0.5, 0.6) is 0 Å². The lowest BCUT2D eigenvalue weighted by Crippen LogP contribution is -2.52. The fourth-order valence-electron chi connectivity index (χ4n) is 2.62. The molecule has 1 aliphatic heterocycles. The van der Waals surface area contributed by atoms with Crippen LogP contribution in [-0.2, 0) is 9.53 Å². The summed E-state index contributed by atoms with van der Waals surface area (Å²) in [7, 11) is 0. The average Bonchev–Trinajstić information content (AvgIpc) is 3.21. The first-order chi connectivity index (χ1) is 12.7. The first-order valence-corrected chi connectivity index (χ1v) is 8.59. The molecule has 3 rings (SSSR count). The molecule has 0 spiro atoms. The minimum Gasteiger partial charge on any atom is -0.365 e. The minimum absolute atomic E-state index is 0.192. The summed E-state index contributed by atoms with van der Waals surface area (Å²) < 4.78 is 7.07. The van der Waals surface area contributed by atoms with E-state index in [1.807, 2.05) is 6.92 Å². The number of carbonyl (C=O) groups excluding carboxylic acids is 2. The fraction of sp³-hybridized carbons (Fsp3) is 0.412. The van der Waals surface area contributed by atoms with Gasteiger partial charge in [-0.2, -0.15) is 5.10 Å². The van der Waals surface area contributed by atoms with Crippen LogP contribution in [0.2, 0.25) is 0 Å². The van der Waals surface area contributed by atoms with Gasteiger partial charge < -0.3 is 20.3 Å². The SMILES string of the molecule is CCCNC(=O)C1CN(C(=O)Nc2cccnc2-n2cccn2)CCO1. The Labute approximate surface area is 151 Å². The zero-order valence-corrected chi connectivity index (χ0v) is 14.6.